The van der Waals surface area contributed by atoms with Crippen LogP contribution >= 0.6 is 0 Å². The molecule has 1 aliphatic heterocycles. The van der Waals surface area contributed by atoms with Crippen molar-refractivity contribution in [2.45, 2.75) is 13.3 Å². The molecule has 0 atom stereocenters. The maximum absolute atomic E-state index is 13.3. The van der Waals surface area contributed by atoms with E-state index in [2.05, 4.69) is 15.2 Å². The van der Waals surface area contributed by atoms with Crippen LogP contribution < -0.4 is 0 Å². The lowest BCUT2D eigenvalue weighted by molar-refractivity contribution is -0.128. The lowest BCUT2D eigenvalue weighted by atomic mass is 10.1. The van der Waals surface area contributed by atoms with E-state index in [0.29, 0.717) is 48.5 Å². The Morgan fingerprint density at radius 1 is 1.07 bits per heavy atom. The molecule has 1 aromatic carbocycles. The highest BCUT2D eigenvalue weighted by Crippen LogP contribution is 2.26. The molecule has 0 saturated carbocycles. The van der Waals surface area contributed by atoms with Crippen molar-refractivity contribution in [2.75, 3.05) is 26.2 Å². The number of fused-ring (bicyclic) bond motifs is 1. The normalized spacial score (nSPS) is 14.9. The molecule has 144 valence electrons. The van der Waals surface area contributed by atoms with Gasteiger partial charge in [0, 0.05) is 38.7 Å². The summed E-state index contributed by atoms with van der Waals surface area (Å²) >= 11 is 0. The fraction of sp³-hybridized carbons (Fsp3) is 0.300. The number of hydrogen-bond acceptors (Lipinski definition) is 5. The van der Waals surface area contributed by atoms with Gasteiger partial charge < -0.3 is 14.9 Å². The van der Waals surface area contributed by atoms with E-state index in [1.54, 1.807) is 53.3 Å². The summed E-state index contributed by atoms with van der Waals surface area (Å²) in [7, 11) is 0. The quantitative estimate of drug-likeness (QED) is 0.709. The number of aromatic nitrogens is 3. The number of hydrogen-bond donors (Lipinski definition) is 2. The molecular weight excluding hydrogens is 358 g/mol. The number of benzene rings is 1. The van der Waals surface area contributed by atoms with Crippen LogP contribution in [0.5, 0.6) is 5.75 Å². The molecule has 2 amide bonds. The van der Waals surface area contributed by atoms with Crippen molar-refractivity contribution in [3.05, 3.63) is 42.1 Å². The van der Waals surface area contributed by atoms with Gasteiger partial charge >= 0.3 is 0 Å². The highest BCUT2D eigenvalue weighted by atomic mass is 16.3. The zero-order valence-electron chi connectivity index (χ0n) is 15.6. The molecule has 8 nitrogen and oxygen atoms in total. The number of pyridine rings is 1. The minimum Gasteiger partial charge on any atom is -0.508 e. The van der Waals surface area contributed by atoms with Gasteiger partial charge in [0.05, 0.1) is 22.8 Å². The Labute approximate surface area is 161 Å². The topological polar surface area (TPSA) is 102 Å². The minimum atomic E-state index is -0.0979. The number of carbonyl (C=O) groups is 2. The van der Waals surface area contributed by atoms with E-state index >= 15 is 0 Å². The highest BCUT2D eigenvalue weighted by molar-refractivity contribution is 6.06. The third kappa shape index (κ3) is 3.40. The van der Waals surface area contributed by atoms with Gasteiger partial charge in [0.15, 0.2) is 5.65 Å². The smallest absolute Gasteiger partial charge is 0.254 e. The molecule has 3 heterocycles. The Kier molecular flexibility index (Phi) is 4.68. The van der Waals surface area contributed by atoms with Crippen LogP contribution in [0.3, 0.4) is 0 Å². The number of phenolic OH excluding ortho intramolecular Hbond substituents is 1. The lowest BCUT2D eigenvalue weighted by Crippen LogP contribution is -2.36. The van der Waals surface area contributed by atoms with Crippen molar-refractivity contribution in [1.82, 2.24) is 25.0 Å². The van der Waals surface area contributed by atoms with Crippen LogP contribution in [0.4, 0.5) is 0 Å². The van der Waals surface area contributed by atoms with Crippen LogP contribution in [0.1, 0.15) is 23.7 Å². The molecule has 8 heteroatoms. The first-order valence-electron chi connectivity index (χ1n) is 9.21. The van der Waals surface area contributed by atoms with Gasteiger partial charge in [-0.2, -0.15) is 5.10 Å². The Bertz CT molecular complexity index is 1030. The minimum absolute atomic E-state index is 0.0325. The van der Waals surface area contributed by atoms with Gasteiger partial charge in [-0.25, -0.2) is 4.98 Å². The number of phenols is 1. The zero-order chi connectivity index (χ0) is 19.7. The van der Waals surface area contributed by atoms with Crippen molar-refractivity contribution in [2.24, 2.45) is 0 Å². The average molecular weight is 379 g/mol. The zero-order valence-corrected chi connectivity index (χ0v) is 15.6. The third-order valence-corrected chi connectivity index (χ3v) is 5.04. The molecule has 1 saturated heterocycles. The number of aromatic amines is 1. The van der Waals surface area contributed by atoms with Crippen LogP contribution in [-0.4, -0.2) is 68.1 Å². The first-order chi connectivity index (χ1) is 13.5. The standard InChI is InChI=1S/C20H21N5O3/c1-13(26)24-7-2-8-25(10-9-24)20(28)16-11-18(14-3-5-15(27)6-4-14)22-19-17(16)12-21-23-19/h3-6,11-12,27H,2,7-10H2,1H3,(H,21,22,23). The average Bonchev–Trinajstić information content (AvgIpc) is 3.02. The third-order valence-electron chi connectivity index (χ3n) is 5.04. The van der Waals surface area contributed by atoms with Gasteiger partial charge in [0.25, 0.3) is 5.91 Å². The molecule has 0 aliphatic carbocycles. The number of nitrogens with zero attached hydrogens (tertiary/aromatic N) is 4. The van der Waals surface area contributed by atoms with Crippen LogP contribution in [0.2, 0.25) is 0 Å². The van der Waals surface area contributed by atoms with Gasteiger partial charge in [-0.05, 0) is 36.8 Å². The Hall–Kier alpha value is -3.42. The number of rotatable bonds is 2. The number of nitrogens with one attached hydrogen (secondary N) is 1. The highest BCUT2D eigenvalue weighted by Gasteiger charge is 2.24. The van der Waals surface area contributed by atoms with Gasteiger partial charge in [0.1, 0.15) is 5.75 Å². The summed E-state index contributed by atoms with van der Waals surface area (Å²) in [5.41, 5.74) is 2.48. The SMILES string of the molecule is CC(=O)N1CCCN(C(=O)c2cc(-c3ccc(O)cc3)nc3[nH]ncc23)CC1. The number of carbonyl (C=O) groups excluding carboxylic acids is 2. The molecular formula is C20H21N5O3. The van der Waals surface area contributed by atoms with E-state index in [9.17, 15) is 14.7 Å². The van der Waals surface area contributed by atoms with Gasteiger partial charge in [0.2, 0.25) is 5.91 Å². The summed E-state index contributed by atoms with van der Waals surface area (Å²) < 4.78 is 0. The first kappa shape index (κ1) is 18.0. The lowest BCUT2D eigenvalue weighted by Gasteiger charge is -2.22. The predicted octanol–water partition coefficient (Wildman–Crippen LogP) is 2.02. The fourth-order valence-corrected chi connectivity index (χ4v) is 3.49. The molecule has 4 rings (SSSR count). The van der Waals surface area contributed by atoms with Crippen molar-refractivity contribution in [3.8, 4) is 17.0 Å². The summed E-state index contributed by atoms with van der Waals surface area (Å²) in [6.07, 6.45) is 2.35. The molecule has 2 aromatic heterocycles. The summed E-state index contributed by atoms with van der Waals surface area (Å²) in [5, 5.41) is 17.1. The predicted molar refractivity (Wildman–Crippen MR) is 104 cm³/mol. The molecule has 1 aliphatic rings. The van der Waals surface area contributed by atoms with Crippen LogP contribution in [0.15, 0.2) is 36.5 Å². The summed E-state index contributed by atoms with van der Waals surface area (Å²) in [6.45, 7) is 3.84. The Morgan fingerprint density at radius 2 is 1.79 bits per heavy atom. The number of amides is 2. The van der Waals surface area contributed by atoms with Crippen LogP contribution in [-0.2, 0) is 4.79 Å². The molecule has 0 radical (unpaired) electrons. The van der Waals surface area contributed by atoms with Crippen molar-refractivity contribution in [1.29, 1.82) is 0 Å². The Morgan fingerprint density at radius 3 is 2.54 bits per heavy atom. The van der Waals surface area contributed by atoms with Gasteiger partial charge in [-0.3, -0.25) is 14.7 Å². The summed E-state index contributed by atoms with van der Waals surface area (Å²) in [6, 6.07) is 8.44. The van der Waals surface area contributed by atoms with Crippen molar-refractivity contribution < 1.29 is 14.7 Å². The maximum atomic E-state index is 13.3. The number of aromatic hydroxyl groups is 1. The van der Waals surface area contributed by atoms with E-state index in [1.165, 1.54) is 0 Å². The second-order valence-electron chi connectivity index (χ2n) is 6.89. The van der Waals surface area contributed by atoms with E-state index in [0.717, 1.165) is 12.0 Å². The van der Waals surface area contributed by atoms with E-state index in [-0.39, 0.29) is 17.6 Å². The van der Waals surface area contributed by atoms with E-state index in [4.69, 9.17) is 0 Å². The van der Waals surface area contributed by atoms with Gasteiger partial charge in [-0.1, -0.05) is 0 Å². The second-order valence-corrected chi connectivity index (χ2v) is 6.89. The monoisotopic (exact) mass is 379 g/mol. The molecule has 0 unspecified atom stereocenters. The molecule has 0 bridgehead atoms. The van der Waals surface area contributed by atoms with Crippen LogP contribution in [0, 0.1) is 0 Å². The van der Waals surface area contributed by atoms with Crippen molar-refractivity contribution in [3.63, 3.8) is 0 Å². The second kappa shape index (κ2) is 7.30. The van der Waals surface area contributed by atoms with Crippen molar-refractivity contribution >= 4 is 22.8 Å². The molecule has 3 aromatic rings. The van der Waals surface area contributed by atoms with Gasteiger partial charge in [-0.15, -0.1) is 0 Å². The largest absolute Gasteiger partial charge is 0.508 e. The molecule has 0 spiro atoms. The maximum Gasteiger partial charge on any atom is 0.254 e. The summed E-state index contributed by atoms with van der Waals surface area (Å²) in [4.78, 5) is 33.0. The fourth-order valence-electron chi connectivity index (χ4n) is 3.49. The molecule has 28 heavy (non-hydrogen) atoms. The van der Waals surface area contributed by atoms with E-state index in [1.807, 2.05) is 0 Å². The number of H-pyrrole nitrogens is 1. The molecule has 2 N–H and O–H groups in total. The Balaban J connectivity index is 1.69. The van der Waals surface area contributed by atoms with Crippen LogP contribution in [0.25, 0.3) is 22.3 Å². The molecule has 1 fully saturated rings. The summed E-state index contributed by atoms with van der Waals surface area (Å²) in [5.74, 6) is 0.103. The van der Waals surface area contributed by atoms with E-state index < -0.39 is 0 Å². The first-order valence-corrected chi connectivity index (χ1v) is 9.21.